The fraction of sp³-hybridized carbons (Fsp3) is 0.316. The molecule has 0 nitrogen and oxygen atoms in total. The Hall–Kier alpha value is -0.01000. The van der Waals surface area contributed by atoms with Crippen LogP contribution in [0.4, 0.5) is 0 Å². The van der Waals surface area contributed by atoms with Crippen molar-refractivity contribution in [3.63, 3.8) is 0 Å². The quantitative estimate of drug-likeness (QED) is 0.376. The predicted molar refractivity (Wildman–Crippen MR) is 102 cm³/mol. The predicted octanol–water partition coefficient (Wildman–Crippen LogP) is 5.81. The molecule has 0 bridgehead atoms. The standard InChI is InChI=1S/C19H21Si.2ClH.Zr/c1-14-12-16-10-6-7-11-17(13-20(2)3)19(16)18(14)15-8-4-5-9-15;;;/h4-10,13,15,17H,11H2,1-3H3;2*1H;/q-1;;;+2/p-2. The first-order chi connectivity index (χ1) is 11.1. The number of fused-ring (bicyclic) bond motifs is 1. The zero-order valence-corrected chi connectivity index (χ0v) is 18.7. The third kappa shape index (κ3) is 4.98. The van der Waals surface area contributed by atoms with Gasteiger partial charge >= 0.3 is 37.9 Å². The number of hydrogen-bond acceptors (Lipinski definition) is 0. The van der Waals surface area contributed by atoms with Gasteiger partial charge in [0.1, 0.15) is 0 Å². The second-order valence-electron chi connectivity index (χ2n) is 6.04. The number of allylic oxidation sites excluding steroid dienone is 12. The van der Waals surface area contributed by atoms with Crippen LogP contribution < -0.4 is 0 Å². The van der Waals surface area contributed by atoms with Crippen molar-refractivity contribution >= 4 is 31.1 Å². The summed E-state index contributed by atoms with van der Waals surface area (Å²) in [5.41, 5.74) is 8.24. The van der Waals surface area contributed by atoms with Gasteiger partial charge in [0.2, 0.25) is 0 Å². The van der Waals surface area contributed by atoms with Gasteiger partial charge in [-0.2, -0.15) is 11.1 Å². The van der Waals surface area contributed by atoms with Gasteiger partial charge in [0, 0.05) is 0 Å². The molecule has 0 spiro atoms. The fourth-order valence-corrected chi connectivity index (χ4v) is 4.44. The van der Waals surface area contributed by atoms with E-state index in [-0.39, 0.29) is 8.41 Å². The van der Waals surface area contributed by atoms with E-state index in [0.717, 1.165) is 6.42 Å². The van der Waals surface area contributed by atoms with Crippen molar-refractivity contribution in [2.75, 3.05) is 0 Å². The van der Waals surface area contributed by atoms with E-state index in [1.54, 1.807) is 0 Å². The summed E-state index contributed by atoms with van der Waals surface area (Å²) in [7, 11) is 9.52. The zero-order chi connectivity index (χ0) is 16.8. The molecule has 0 saturated heterocycles. The third-order valence-corrected chi connectivity index (χ3v) is 5.15. The Morgan fingerprint density at radius 1 is 1.17 bits per heavy atom. The molecule has 23 heavy (non-hydrogen) atoms. The van der Waals surface area contributed by atoms with Crippen molar-refractivity contribution in [3.8, 4) is 0 Å². The van der Waals surface area contributed by atoms with Crippen molar-refractivity contribution in [1.82, 2.24) is 0 Å². The van der Waals surface area contributed by atoms with Crippen molar-refractivity contribution in [2.24, 2.45) is 11.8 Å². The minimum absolute atomic E-state index is 0.344. The van der Waals surface area contributed by atoms with Gasteiger partial charge in [-0.1, -0.05) is 50.4 Å². The Balaban J connectivity index is 0.000000595. The molecule has 0 N–H and O–H groups in total. The summed E-state index contributed by atoms with van der Waals surface area (Å²) < 4.78 is 0. The number of halogens is 2. The van der Waals surface area contributed by atoms with Crippen LogP contribution in [0.3, 0.4) is 0 Å². The van der Waals surface area contributed by atoms with Crippen molar-refractivity contribution in [3.05, 3.63) is 70.9 Å². The summed E-state index contributed by atoms with van der Waals surface area (Å²) in [5.74, 6) is 1.01. The summed E-state index contributed by atoms with van der Waals surface area (Å²) in [6.07, 6.45) is 20.4. The van der Waals surface area contributed by atoms with Crippen molar-refractivity contribution in [1.29, 1.82) is 0 Å². The van der Waals surface area contributed by atoms with Gasteiger partial charge in [-0.05, 0) is 26.7 Å². The minimum atomic E-state index is -0.826. The number of rotatable bonds is 2. The van der Waals surface area contributed by atoms with Crippen LogP contribution in [-0.2, 0) is 20.8 Å². The maximum atomic E-state index is 4.93. The van der Waals surface area contributed by atoms with E-state index in [2.05, 4.69) is 74.3 Å². The first-order valence-electron chi connectivity index (χ1n) is 7.77. The summed E-state index contributed by atoms with van der Waals surface area (Å²) >= 11 is -0.826. The van der Waals surface area contributed by atoms with Gasteiger partial charge in [-0.15, -0.1) is 35.0 Å². The van der Waals surface area contributed by atoms with Gasteiger partial charge in [0.05, 0.1) is 0 Å². The first kappa shape index (κ1) is 19.3. The van der Waals surface area contributed by atoms with Crippen LogP contribution in [0, 0.1) is 17.9 Å². The molecular weight excluding hydrogens is 418 g/mol. The molecule has 0 radical (unpaired) electrons. The Bertz CT molecular complexity index is 647. The third-order valence-electron chi connectivity index (χ3n) is 4.08. The second kappa shape index (κ2) is 9.47. The molecule has 0 aliphatic heterocycles. The van der Waals surface area contributed by atoms with Crippen LogP contribution >= 0.6 is 17.0 Å². The van der Waals surface area contributed by atoms with E-state index in [1.807, 2.05) is 0 Å². The van der Waals surface area contributed by atoms with Crippen LogP contribution in [-0.4, -0.2) is 14.1 Å². The van der Waals surface area contributed by atoms with Crippen molar-refractivity contribution in [2.45, 2.75) is 26.4 Å². The molecule has 0 saturated carbocycles. The average Bonchev–Trinajstić information content (AvgIpc) is 3.06. The molecule has 0 aromatic rings. The molecule has 3 aliphatic rings. The fourth-order valence-electron chi connectivity index (χ4n) is 3.33. The SMILES string of the molecule is CC1=[C-]C2=CC=CCC(C=[Si](C)C)C2=C1C1C=CC=C1.[Cl][Zr][Cl]. The molecule has 1 unspecified atom stereocenters. The molecule has 0 aromatic carbocycles. The van der Waals surface area contributed by atoms with Crippen molar-refractivity contribution < 1.29 is 20.8 Å². The summed E-state index contributed by atoms with van der Waals surface area (Å²) in [4.78, 5) is 0. The van der Waals surface area contributed by atoms with E-state index in [1.165, 1.54) is 22.3 Å². The Kier molecular flexibility index (Phi) is 7.95. The van der Waals surface area contributed by atoms with E-state index < -0.39 is 20.8 Å². The molecule has 1 atom stereocenters. The molecule has 4 heteroatoms. The number of hydrogen-bond donors (Lipinski definition) is 0. The van der Waals surface area contributed by atoms with Gasteiger partial charge < -0.3 is 0 Å². The summed E-state index contributed by atoms with van der Waals surface area (Å²) in [6.45, 7) is 6.96. The second-order valence-corrected chi connectivity index (χ2v) is 12.3. The molecule has 120 valence electrons. The van der Waals surface area contributed by atoms with Gasteiger partial charge in [-0.3, -0.25) is 0 Å². The molecule has 0 heterocycles. The topological polar surface area (TPSA) is 0 Å². The van der Waals surface area contributed by atoms with Crippen LogP contribution in [0.2, 0.25) is 13.1 Å². The van der Waals surface area contributed by atoms with E-state index in [9.17, 15) is 0 Å². The molecule has 0 aromatic heterocycles. The monoisotopic (exact) mass is 437 g/mol. The Morgan fingerprint density at radius 3 is 2.43 bits per heavy atom. The summed E-state index contributed by atoms with van der Waals surface area (Å²) in [6, 6.07) is 0. The average molecular weight is 440 g/mol. The van der Waals surface area contributed by atoms with E-state index in [0.29, 0.717) is 11.8 Å². The van der Waals surface area contributed by atoms with Gasteiger partial charge in [0.15, 0.2) is 0 Å². The van der Waals surface area contributed by atoms with Crippen LogP contribution in [0.1, 0.15) is 13.3 Å². The normalized spacial score (nSPS) is 22.0. The zero-order valence-electron chi connectivity index (χ0n) is 13.7. The Labute approximate surface area is 160 Å². The summed E-state index contributed by atoms with van der Waals surface area (Å²) in [5, 5.41) is 0. The van der Waals surface area contributed by atoms with Crippen LogP contribution in [0.25, 0.3) is 0 Å². The maximum absolute atomic E-state index is 4.93. The molecular formula is C19H21Cl2SiZr-. The van der Waals surface area contributed by atoms with Crippen LogP contribution in [0.5, 0.6) is 0 Å². The molecule has 3 rings (SSSR count). The van der Waals surface area contributed by atoms with Crippen LogP contribution in [0.15, 0.2) is 64.8 Å². The van der Waals surface area contributed by atoms with E-state index in [4.69, 9.17) is 17.0 Å². The van der Waals surface area contributed by atoms with E-state index >= 15 is 0 Å². The molecule has 3 aliphatic carbocycles. The van der Waals surface area contributed by atoms with Gasteiger partial charge in [-0.25, -0.2) is 0 Å². The first-order valence-corrected chi connectivity index (χ1v) is 16.7. The molecule has 0 fully saturated rings. The molecule has 0 amide bonds. The van der Waals surface area contributed by atoms with Gasteiger partial charge in [0.25, 0.3) is 0 Å². The Morgan fingerprint density at radius 2 is 1.83 bits per heavy atom.